The van der Waals surface area contributed by atoms with Gasteiger partial charge in [0.1, 0.15) is 17.5 Å². The first-order valence-electron chi connectivity index (χ1n) is 9.67. The molecule has 1 N–H and O–H groups in total. The molecule has 3 aromatic heterocycles. The zero-order valence-corrected chi connectivity index (χ0v) is 15.4. The molecule has 1 saturated heterocycles. The van der Waals surface area contributed by atoms with Gasteiger partial charge < -0.3 is 4.98 Å². The van der Waals surface area contributed by atoms with E-state index in [1.807, 2.05) is 17.1 Å². The number of nitrogens with zero attached hydrogens (tertiary/aromatic N) is 6. The molecule has 1 aliphatic heterocycles. The van der Waals surface area contributed by atoms with Crippen molar-refractivity contribution in [3.05, 3.63) is 46.7 Å². The van der Waals surface area contributed by atoms with Crippen LogP contribution < -0.4 is 5.56 Å². The predicted molar refractivity (Wildman–Crippen MR) is 100 cm³/mol. The van der Waals surface area contributed by atoms with E-state index < -0.39 is 0 Å². The maximum Gasteiger partial charge on any atom is 0.262 e. The Kier molecular flexibility index (Phi) is 4.00. The Morgan fingerprint density at radius 1 is 1.15 bits per heavy atom. The molecule has 0 unspecified atom stereocenters. The van der Waals surface area contributed by atoms with Gasteiger partial charge >= 0.3 is 0 Å². The number of aromatic amines is 1. The van der Waals surface area contributed by atoms with Crippen LogP contribution in [0.4, 0.5) is 0 Å². The molecule has 1 aliphatic carbocycles. The summed E-state index contributed by atoms with van der Waals surface area (Å²) in [4.78, 5) is 30.9. The lowest BCUT2D eigenvalue weighted by Gasteiger charge is -2.42. The number of hydrogen-bond acceptors (Lipinski definition) is 6. The third-order valence-electron chi connectivity index (χ3n) is 6.06. The molecule has 4 heterocycles. The van der Waals surface area contributed by atoms with Crippen molar-refractivity contribution in [3.8, 4) is 0 Å². The molecule has 0 radical (unpaired) electrons. The van der Waals surface area contributed by atoms with Crippen molar-refractivity contribution in [2.24, 2.45) is 0 Å². The summed E-state index contributed by atoms with van der Waals surface area (Å²) in [6.45, 7) is 3.93. The number of fused-ring (bicyclic) bond motifs is 1. The summed E-state index contributed by atoms with van der Waals surface area (Å²) < 4.78 is 1.97. The van der Waals surface area contributed by atoms with Crippen molar-refractivity contribution < 1.29 is 0 Å². The Morgan fingerprint density at radius 3 is 2.63 bits per heavy atom. The lowest BCUT2D eigenvalue weighted by atomic mass is 9.92. The molecule has 2 aliphatic rings. The summed E-state index contributed by atoms with van der Waals surface area (Å²) in [6.07, 6.45) is 11.6. The number of hydrogen-bond donors (Lipinski definition) is 1. The maximum atomic E-state index is 12.6. The van der Waals surface area contributed by atoms with E-state index in [0.717, 1.165) is 43.0 Å². The van der Waals surface area contributed by atoms with E-state index in [-0.39, 0.29) is 11.6 Å². The van der Waals surface area contributed by atoms with Gasteiger partial charge in [0.15, 0.2) is 5.65 Å². The van der Waals surface area contributed by atoms with Crippen LogP contribution in [-0.4, -0.2) is 47.7 Å². The van der Waals surface area contributed by atoms with Crippen molar-refractivity contribution in [1.82, 2.24) is 34.6 Å². The van der Waals surface area contributed by atoms with E-state index in [1.165, 1.54) is 12.8 Å². The van der Waals surface area contributed by atoms with Crippen molar-refractivity contribution >= 4 is 11.0 Å². The van der Waals surface area contributed by atoms with Crippen LogP contribution in [0.25, 0.3) is 11.0 Å². The van der Waals surface area contributed by atoms with Crippen LogP contribution in [0.1, 0.15) is 62.0 Å². The highest BCUT2D eigenvalue weighted by molar-refractivity contribution is 5.73. The summed E-state index contributed by atoms with van der Waals surface area (Å²) in [7, 11) is 0. The van der Waals surface area contributed by atoms with Gasteiger partial charge in [0, 0.05) is 31.4 Å². The van der Waals surface area contributed by atoms with Crippen molar-refractivity contribution in [3.63, 3.8) is 0 Å². The van der Waals surface area contributed by atoms with Gasteiger partial charge in [-0.25, -0.2) is 19.6 Å². The third-order valence-corrected chi connectivity index (χ3v) is 6.06. The minimum absolute atomic E-state index is 0.0508. The smallest absolute Gasteiger partial charge is 0.262 e. The molecule has 140 valence electrons. The number of nitrogens with one attached hydrogen (secondary N) is 1. The molecule has 8 heteroatoms. The molecular formula is C19H23N7O. The van der Waals surface area contributed by atoms with Gasteiger partial charge in [-0.2, -0.15) is 5.10 Å². The molecule has 1 atom stereocenters. The summed E-state index contributed by atoms with van der Waals surface area (Å²) in [5.74, 6) is 1.16. The topological polar surface area (TPSA) is 92.6 Å². The molecule has 0 aromatic carbocycles. The Hall–Kier alpha value is -2.61. The minimum atomic E-state index is -0.0976. The van der Waals surface area contributed by atoms with Gasteiger partial charge in [0.2, 0.25) is 0 Å². The van der Waals surface area contributed by atoms with Crippen molar-refractivity contribution in [2.75, 3.05) is 13.1 Å². The Labute approximate surface area is 156 Å². The van der Waals surface area contributed by atoms with Crippen LogP contribution >= 0.6 is 0 Å². The molecule has 3 aromatic rings. The molecule has 27 heavy (non-hydrogen) atoms. The summed E-state index contributed by atoms with van der Waals surface area (Å²) in [5, 5.41) is 5.06. The van der Waals surface area contributed by atoms with E-state index in [9.17, 15) is 4.79 Å². The fraction of sp³-hybridized carbons (Fsp3) is 0.526. The minimum Gasteiger partial charge on any atom is -0.309 e. The van der Waals surface area contributed by atoms with Gasteiger partial charge in [-0.05, 0) is 25.3 Å². The van der Waals surface area contributed by atoms with Crippen molar-refractivity contribution in [1.29, 1.82) is 0 Å². The van der Waals surface area contributed by atoms with Gasteiger partial charge in [0.25, 0.3) is 5.56 Å². The number of H-pyrrole nitrogens is 1. The average molecular weight is 365 g/mol. The number of rotatable bonds is 4. The van der Waals surface area contributed by atoms with Crippen LogP contribution in [0, 0.1) is 0 Å². The van der Waals surface area contributed by atoms with Crippen LogP contribution in [0.5, 0.6) is 0 Å². The molecule has 0 bridgehead atoms. The first kappa shape index (κ1) is 16.6. The lowest BCUT2D eigenvalue weighted by Crippen LogP contribution is -2.46. The lowest BCUT2D eigenvalue weighted by molar-refractivity contribution is 0.0955. The molecule has 1 saturated carbocycles. The SMILES string of the molecule is C[C@H](c1nc2c(cnn2C2CCCC2)c(=O)[nH]1)N1CC(c2cncnc2)C1. The molecule has 0 spiro atoms. The van der Waals surface area contributed by atoms with E-state index in [4.69, 9.17) is 4.98 Å². The van der Waals surface area contributed by atoms with Crippen LogP contribution in [-0.2, 0) is 0 Å². The second kappa shape index (κ2) is 6.53. The van der Waals surface area contributed by atoms with Crippen LogP contribution in [0.2, 0.25) is 0 Å². The zero-order chi connectivity index (χ0) is 18.4. The average Bonchev–Trinajstić information content (AvgIpc) is 3.30. The quantitative estimate of drug-likeness (QED) is 0.762. The number of likely N-dealkylation sites (tertiary alicyclic amines) is 1. The Bertz CT molecular complexity index is 1000. The molecule has 2 fully saturated rings. The fourth-order valence-electron chi connectivity index (χ4n) is 4.30. The number of aromatic nitrogens is 6. The molecule has 5 rings (SSSR count). The second-order valence-electron chi connectivity index (χ2n) is 7.71. The first-order chi connectivity index (χ1) is 13.2. The first-order valence-corrected chi connectivity index (χ1v) is 9.67. The van der Waals surface area contributed by atoms with Gasteiger partial charge in [0.05, 0.1) is 18.3 Å². The van der Waals surface area contributed by atoms with Gasteiger partial charge in [-0.3, -0.25) is 9.69 Å². The molecular weight excluding hydrogens is 342 g/mol. The zero-order valence-electron chi connectivity index (χ0n) is 15.4. The summed E-state index contributed by atoms with van der Waals surface area (Å²) in [5.41, 5.74) is 1.79. The monoisotopic (exact) mass is 365 g/mol. The normalized spacial score (nSPS) is 20.2. The highest BCUT2D eigenvalue weighted by Crippen LogP contribution is 2.33. The van der Waals surface area contributed by atoms with E-state index in [0.29, 0.717) is 17.3 Å². The largest absolute Gasteiger partial charge is 0.309 e. The highest BCUT2D eigenvalue weighted by Gasteiger charge is 2.33. The standard InChI is InChI=1S/C19H23N7O/c1-12(25-9-14(10-25)13-6-20-11-21-7-13)17-23-18-16(19(27)24-17)8-22-26(18)15-4-2-3-5-15/h6-8,11-12,14-15H,2-5,9-10H2,1H3,(H,23,24,27)/t12-/m1/s1. The third kappa shape index (κ3) is 2.84. The van der Waals surface area contributed by atoms with Crippen LogP contribution in [0.15, 0.2) is 29.7 Å². The van der Waals surface area contributed by atoms with E-state index in [2.05, 4.69) is 31.9 Å². The predicted octanol–water partition coefficient (Wildman–Crippen LogP) is 2.19. The fourth-order valence-corrected chi connectivity index (χ4v) is 4.30. The molecule has 0 amide bonds. The summed E-state index contributed by atoms with van der Waals surface area (Å²) >= 11 is 0. The maximum absolute atomic E-state index is 12.6. The van der Waals surface area contributed by atoms with E-state index >= 15 is 0 Å². The summed E-state index contributed by atoms with van der Waals surface area (Å²) in [6, 6.07) is 0.418. The van der Waals surface area contributed by atoms with Crippen LogP contribution in [0.3, 0.4) is 0 Å². The molecule has 8 nitrogen and oxygen atoms in total. The Morgan fingerprint density at radius 2 is 1.89 bits per heavy atom. The Balaban J connectivity index is 1.40. The van der Waals surface area contributed by atoms with E-state index in [1.54, 1.807) is 12.5 Å². The highest BCUT2D eigenvalue weighted by atomic mass is 16.1. The van der Waals surface area contributed by atoms with Crippen molar-refractivity contribution in [2.45, 2.75) is 50.6 Å². The second-order valence-corrected chi connectivity index (χ2v) is 7.71. The van der Waals surface area contributed by atoms with Gasteiger partial charge in [-0.15, -0.1) is 0 Å². The van der Waals surface area contributed by atoms with Gasteiger partial charge in [-0.1, -0.05) is 12.8 Å².